The molecule has 0 aromatic heterocycles. The smallest absolute Gasteiger partial charge is 0.416 e. The van der Waals surface area contributed by atoms with Gasteiger partial charge in [0.1, 0.15) is 5.75 Å². The SMILES string of the molecule is COc1cc2ccccc2cc1C(=O)N/N=C\c1cccc(C(F)(F)F)c1. The maximum atomic E-state index is 12.7. The number of carbonyl (C=O) groups excluding carboxylic acids is 1. The molecule has 0 fully saturated rings. The zero-order valence-electron chi connectivity index (χ0n) is 14.2. The predicted octanol–water partition coefficient (Wildman–Crippen LogP) is 4.63. The zero-order valence-corrected chi connectivity index (χ0v) is 14.2. The molecule has 0 bridgehead atoms. The van der Waals surface area contributed by atoms with Crippen LogP contribution in [-0.2, 0) is 6.18 Å². The van der Waals surface area contributed by atoms with E-state index in [1.54, 1.807) is 12.1 Å². The van der Waals surface area contributed by atoms with Gasteiger partial charge in [0.2, 0.25) is 0 Å². The second-order valence-electron chi connectivity index (χ2n) is 5.72. The Morgan fingerprint density at radius 1 is 1.04 bits per heavy atom. The Hall–Kier alpha value is -3.35. The number of benzene rings is 3. The average molecular weight is 372 g/mol. The number of alkyl halides is 3. The number of hydrogen-bond acceptors (Lipinski definition) is 3. The van der Waals surface area contributed by atoms with E-state index in [0.29, 0.717) is 5.75 Å². The molecule has 0 aliphatic heterocycles. The fourth-order valence-electron chi connectivity index (χ4n) is 2.59. The Labute approximate surface area is 153 Å². The van der Waals surface area contributed by atoms with Gasteiger partial charge < -0.3 is 4.74 Å². The summed E-state index contributed by atoms with van der Waals surface area (Å²) < 4.78 is 43.4. The molecule has 3 aromatic carbocycles. The summed E-state index contributed by atoms with van der Waals surface area (Å²) >= 11 is 0. The van der Waals surface area contributed by atoms with Gasteiger partial charge in [0.05, 0.1) is 24.5 Å². The molecular formula is C20H15F3N2O2. The molecule has 7 heteroatoms. The van der Waals surface area contributed by atoms with Crippen LogP contribution in [0.4, 0.5) is 13.2 Å². The average Bonchev–Trinajstić information content (AvgIpc) is 2.66. The van der Waals surface area contributed by atoms with E-state index in [4.69, 9.17) is 4.74 Å². The first-order valence-electron chi connectivity index (χ1n) is 7.96. The van der Waals surface area contributed by atoms with Crippen molar-refractivity contribution in [2.45, 2.75) is 6.18 Å². The lowest BCUT2D eigenvalue weighted by Crippen LogP contribution is -2.18. The maximum absolute atomic E-state index is 12.7. The van der Waals surface area contributed by atoms with E-state index < -0.39 is 17.6 Å². The van der Waals surface area contributed by atoms with Gasteiger partial charge in [-0.1, -0.05) is 36.4 Å². The Morgan fingerprint density at radius 2 is 1.74 bits per heavy atom. The van der Waals surface area contributed by atoms with Crippen molar-refractivity contribution >= 4 is 22.9 Å². The van der Waals surface area contributed by atoms with E-state index >= 15 is 0 Å². The quantitative estimate of drug-likeness (QED) is 0.536. The first-order chi connectivity index (χ1) is 12.9. The van der Waals surface area contributed by atoms with Gasteiger partial charge in [-0.15, -0.1) is 0 Å². The first kappa shape index (κ1) is 18.4. The van der Waals surface area contributed by atoms with E-state index in [9.17, 15) is 18.0 Å². The van der Waals surface area contributed by atoms with Crippen molar-refractivity contribution in [1.29, 1.82) is 0 Å². The maximum Gasteiger partial charge on any atom is 0.416 e. The Kier molecular flexibility index (Phi) is 5.12. The molecule has 0 saturated heterocycles. The molecule has 0 spiro atoms. The molecule has 27 heavy (non-hydrogen) atoms. The van der Waals surface area contributed by atoms with Crippen molar-refractivity contribution in [2.24, 2.45) is 5.10 Å². The summed E-state index contributed by atoms with van der Waals surface area (Å²) in [5.41, 5.74) is 2.02. The lowest BCUT2D eigenvalue weighted by atomic mass is 10.1. The largest absolute Gasteiger partial charge is 0.496 e. The van der Waals surface area contributed by atoms with Crippen molar-refractivity contribution in [1.82, 2.24) is 5.43 Å². The fraction of sp³-hybridized carbons (Fsp3) is 0.100. The molecule has 0 unspecified atom stereocenters. The van der Waals surface area contributed by atoms with E-state index in [-0.39, 0.29) is 11.1 Å². The molecule has 0 radical (unpaired) electrons. The van der Waals surface area contributed by atoms with Crippen LogP contribution >= 0.6 is 0 Å². The van der Waals surface area contributed by atoms with E-state index in [1.807, 2.05) is 24.3 Å². The highest BCUT2D eigenvalue weighted by Crippen LogP contribution is 2.29. The lowest BCUT2D eigenvalue weighted by molar-refractivity contribution is -0.137. The van der Waals surface area contributed by atoms with Gasteiger partial charge in [-0.25, -0.2) is 5.43 Å². The second kappa shape index (κ2) is 7.49. The number of fused-ring (bicyclic) bond motifs is 1. The molecule has 0 atom stereocenters. The van der Waals surface area contributed by atoms with Crippen molar-refractivity contribution in [3.63, 3.8) is 0 Å². The third kappa shape index (κ3) is 4.25. The van der Waals surface area contributed by atoms with E-state index in [2.05, 4.69) is 10.5 Å². The highest BCUT2D eigenvalue weighted by molar-refractivity contribution is 6.01. The van der Waals surface area contributed by atoms with Gasteiger partial charge in [0, 0.05) is 0 Å². The molecule has 3 aromatic rings. The van der Waals surface area contributed by atoms with Gasteiger partial charge in [-0.3, -0.25) is 4.79 Å². The molecule has 0 aliphatic rings. The number of methoxy groups -OCH3 is 1. The van der Waals surface area contributed by atoms with Crippen LogP contribution < -0.4 is 10.2 Å². The summed E-state index contributed by atoms with van der Waals surface area (Å²) in [6, 6.07) is 15.5. The number of nitrogens with one attached hydrogen (secondary N) is 1. The molecule has 0 aliphatic carbocycles. The number of rotatable bonds is 4. The van der Waals surface area contributed by atoms with Gasteiger partial charge >= 0.3 is 6.18 Å². The van der Waals surface area contributed by atoms with Crippen LogP contribution in [0.5, 0.6) is 5.75 Å². The van der Waals surface area contributed by atoms with Crippen molar-refractivity contribution < 1.29 is 22.7 Å². The Morgan fingerprint density at radius 3 is 2.41 bits per heavy atom. The van der Waals surface area contributed by atoms with Crippen molar-refractivity contribution in [2.75, 3.05) is 7.11 Å². The molecule has 138 valence electrons. The van der Waals surface area contributed by atoms with E-state index in [0.717, 1.165) is 29.1 Å². The summed E-state index contributed by atoms with van der Waals surface area (Å²) in [7, 11) is 1.45. The van der Waals surface area contributed by atoms with Crippen LogP contribution in [0.3, 0.4) is 0 Å². The van der Waals surface area contributed by atoms with Crippen LogP contribution in [0.15, 0.2) is 65.8 Å². The first-order valence-corrected chi connectivity index (χ1v) is 7.96. The summed E-state index contributed by atoms with van der Waals surface area (Å²) in [6.45, 7) is 0. The predicted molar refractivity (Wildman–Crippen MR) is 97.0 cm³/mol. The molecule has 0 heterocycles. The molecular weight excluding hydrogens is 357 g/mol. The highest BCUT2D eigenvalue weighted by Gasteiger charge is 2.30. The molecule has 4 nitrogen and oxygen atoms in total. The fourth-order valence-corrected chi connectivity index (χ4v) is 2.59. The Balaban J connectivity index is 1.80. The lowest BCUT2D eigenvalue weighted by Gasteiger charge is -2.09. The molecule has 0 saturated carbocycles. The topological polar surface area (TPSA) is 50.7 Å². The molecule has 1 amide bonds. The van der Waals surface area contributed by atoms with Crippen LogP contribution in [0.25, 0.3) is 10.8 Å². The normalized spacial score (nSPS) is 11.7. The number of halogens is 3. The third-order valence-electron chi connectivity index (χ3n) is 3.91. The van der Waals surface area contributed by atoms with Crippen molar-refractivity contribution in [3.8, 4) is 5.75 Å². The van der Waals surface area contributed by atoms with Gasteiger partial charge in [-0.05, 0) is 40.6 Å². The standard InChI is InChI=1S/C20H15F3N2O2/c1-27-18-11-15-7-3-2-6-14(15)10-17(18)19(26)25-24-12-13-5-4-8-16(9-13)20(21,22)23/h2-12H,1H3,(H,25,26)/b24-12-. The minimum Gasteiger partial charge on any atom is -0.496 e. The number of ether oxygens (including phenoxy) is 1. The zero-order chi connectivity index (χ0) is 19.4. The summed E-state index contributed by atoms with van der Waals surface area (Å²) in [5, 5.41) is 5.52. The van der Waals surface area contributed by atoms with Crippen LogP contribution in [0.1, 0.15) is 21.5 Å². The van der Waals surface area contributed by atoms with Gasteiger partial charge in [0.25, 0.3) is 5.91 Å². The summed E-state index contributed by atoms with van der Waals surface area (Å²) in [5.74, 6) is -0.152. The second-order valence-corrected chi connectivity index (χ2v) is 5.72. The summed E-state index contributed by atoms with van der Waals surface area (Å²) in [4.78, 5) is 12.4. The van der Waals surface area contributed by atoms with Crippen LogP contribution in [0.2, 0.25) is 0 Å². The van der Waals surface area contributed by atoms with Crippen LogP contribution in [0, 0.1) is 0 Å². The van der Waals surface area contributed by atoms with Gasteiger partial charge in [0.15, 0.2) is 0 Å². The number of hydrazone groups is 1. The third-order valence-corrected chi connectivity index (χ3v) is 3.91. The van der Waals surface area contributed by atoms with Crippen LogP contribution in [-0.4, -0.2) is 19.2 Å². The molecule has 3 rings (SSSR count). The van der Waals surface area contributed by atoms with E-state index in [1.165, 1.54) is 19.2 Å². The number of amides is 1. The minimum absolute atomic E-state index is 0.218. The highest BCUT2D eigenvalue weighted by atomic mass is 19.4. The summed E-state index contributed by atoms with van der Waals surface area (Å²) in [6.07, 6.45) is -3.29. The Bertz CT molecular complexity index is 1010. The van der Waals surface area contributed by atoms with Gasteiger partial charge in [-0.2, -0.15) is 18.3 Å². The minimum atomic E-state index is -4.44. The number of nitrogens with zero attached hydrogens (tertiary/aromatic N) is 1. The monoisotopic (exact) mass is 372 g/mol. The number of hydrogen-bond donors (Lipinski definition) is 1. The molecule has 1 N–H and O–H groups in total. The number of carbonyl (C=O) groups is 1. The van der Waals surface area contributed by atoms with Crippen molar-refractivity contribution in [3.05, 3.63) is 77.4 Å².